The Kier molecular flexibility index (Phi) is 6.05. The average molecular weight is 387 g/mol. The standard InChI is InChI=1S/C27H46O/c1-19(18-28)8-7-9-20(2)23-13-14-24-22-12-11-21-10-5-6-16-26(21,3)25(22)15-17-27(23,24)4/h8,20-25,28H,5-7,9-18H2,1-4H3/t20-,21?,22+,23-,24+,25+,26+,27-/m1/s1. The number of hydrogen-bond donors (Lipinski definition) is 1. The van der Waals surface area contributed by atoms with Gasteiger partial charge in [-0.15, -0.1) is 0 Å². The molecule has 0 spiro atoms. The van der Waals surface area contributed by atoms with Crippen molar-refractivity contribution in [1.29, 1.82) is 0 Å². The molecule has 4 saturated carbocycles. The van der Waals surface area contributed by atoms with Crippen LogP contribution in [0, 0.1) is 46.3 Å². The fourth-order valence-corrected chi connectivity index (χ4v) is 9.13. The van der Waals surface area contributed by atoms with Gasteiger partial charge in [0.15, 0.2) is 0 Å². The van der Waals surface area contributed by atoms with Crippen molar-refractivity contribution in [3.05, 3.63) is 11.6 Å². The third kappa shape index (κ3) is 3.42. The molecule has 4 rings (SSSR count). The molecule has 160 valence electrons. The van der Waals surface area contributed by atoms with Gasteiger partial charge in [-0.1, -0.05) is 45.3 Å². The highest BCUT2D eigenvalue weighted by molar-refractivity contribution is 5.09. The van der Waals surface area contributed by atoms with Gasteiger partial charge in [0.2, 0.25) is 0 Å². The maximum absolute atomic E-state index is 9.25. The van der Waals surface area contributed by atoms with Crippen LogP contribution in [-0.2, 0) is 0 Å². The van der Waals surface area contributed by atoms with Gasteiger partial charge < -0.3 is 5.11 Å². The maximum atomic E-state index is 9.25. The van der Waals surface area contributed by atoms with Crippen LogP contribution in [0.15, 0.2) is 11.6 Å². The van der Waals surface area contributed by atoms with Crippen LogP contribution >= 0.6 is 0 Å². The Labute approximate surface area is 174 Å². The molecule has 28 heavy (non-hydrogen) atoms. The summed E-state index contributed by atoms with van der Waals surface area (Å²) in [4.78, 5) is 0. The van der Waals surface area contributed by atoms with Crippen LogP contribution in [0.3, 0.4) is 0 Å². The lowest BCUT2D eigenvalue weighted by atomic mass is 9.44. The predicted octanol–water partition coefficient (Wildman–Crippen LogP) is 7.39. The van der Waals surface area contributed by atoms with E-state index in [9.17, 15) is 5.11 Å². The number of rotatable bonds is 5. The molecular formula is C27H46O. The molecule has 0 aromatic carbocycles. The zero-order valence-corrected chi connectivity index (χ0v) is 19.2. The van der Waals surface area contributed by atoms with E-state index in [-0.39, 0.29) is 6.61 Å². The number of hydrogen-bond acceptors (Lipinski definition) is 1. The number of fused-ring (bicyclic) bond motifs is 5. The fourth-order valence-electron chi connectivity index (χ4n) is 9.13. The molecule has 0 saturated heterocycles. The van der Waals surface area contributed by atoms with Gasteiger partial charge in [-0.3, -0.25) is 0 Å². The SMILES string of the molecule is CC(=CCC[C@@H](C)[C@H]1CC[C@H]2[C@@H]3CCC4CCCC[C@]4(C)[C@H]3CC[C@]12C)CO. The molecule has 1 heteroatoms. The summed E-state index contributed by atoms with van der Waals surface area (Å²) in [5.41, 5.74) is 2.42. The van der Waals surface area contributed by atoms with Gasteiger partial charge in [0.25, 0.3) is 0 Å². The molecule has 0 aliphatic heterocycles. The summed E-state index contributed by atoms with van der Waals surface area (Å²) in [6, 6.07) is 0. The Morgan fingerprint density at radius 3 is 2.54 bits per heavy atom. The summed E-state index contributed by atoms with van der Waals surface area (Å²) in [5.74, 6) is 5.88. The first-order valence-electron chi connectivity index (χ1n) is 12.7. The van der Waals surface area contributed by atoms with Crippen molar-refractivity contribution in [2.24, 2.45) is 46.3 Å². The molecule has 0 amide bonds. The molecule has 1 unspecified atom stereocenters. The highest BCUT2D eigenvalue weighted by Crippen LogP contribution is 2.68. The van der Waals surface area contributed by atoms with Crippen molar-refractivity contribution in [3.63, 3.8) is 0 Å². The van der Waals surface area contributed by atoms with Gasteiger partial charge >= 0.3 is 0 Å². The Balaban J connectivity index is 1.46. The second-order valence-corrected chi connectivity index (χ2v) is 11.9. The lowest BCUT2D eigenvalue weighted by Gasteiger charge is -2.61. The molecule has 4 aliphatic carbocycles. The number of aliphatic hydroxyl groups excluding tert-OH is 1. The molecule has 0 heterocycles. The van der Waals surface area contributed by atoms with Crippen LogP contribution < -0.4 is 0 Å². The van der Waals surface area contributed by atoms with Gasteiger partial charge in [-0.05, 0) is 117 Å². The van der Waals surface area contributed by atoms with Crippen LogP contribution in [0.1, 0.15) is 105 Å². The highest BCUT2D eigenvalue weighted by atomic mass is 16.3. The summed E-state index contributed by atoms with van der Waals surface area (Å²) >= 11 is 0. The van der Waals surface area contributed by atoms with E-state index in [1.165, 1.54) is 64.2 Å². The number of allylic oxidation sites excluding steroid dienone is 1. The minimum Gasteiger partial charge on any atom is -0.392 e. The van der Waals surface area contributed by atoms with Crippen LogP contribution in [-0.4, -0.2) is 11.7 Å². The Morgan fingerprint density at radius 2 is 1.75 bits per heavy atom. The van der Waals surface area contributed by atoms with Crippen molar-refractivity contribution in [3.8, 4) is 0 Å². The molecule has 0 aromatic rings. The fraction of sp³-hybridized carbons (Fsp3) is 0.926. The van der Waals surface area contributed by atoms with E-state index >= 15 is 0 Å². The third-order valence-electron chi connectivity index (χ3n) is 10.7. The van der Waals surface area contributed by atoms with E-state index in [2.05, 4.69) is 33.8 Å². The first kappa shape index (κ1) is 21.0. The van der Waals surface area contributed by atoms with Crippen molar-refractivity contribution < 1.29 is 5.11 Å². The molecular weight excluding hydrogens is 340 g/mol. The summed E-state index contributed by atoms with van der Waals surface area (Å²) < 4.78 is 0. The van der Waals surface area contributed by atoms with Gasteiger partial charge in [0, 0.05) is 0 Å². The maximum Gasteiger partial charge on any atom is 0.0639 e. The lowest BCUT2D eigenvalue weighted by molar-refractivity contribution is -0.114. The third-order valence-corrected chi connectivity index (χ3v) is 10.7. The quantitative estimate of drug-likeness (QED) is 0.488. The van der Waals surface area contributed by atoms with Crippen LogP contribution in [0.4, 0.5) is 0 Å². The summed E-state index contributed by atoms with van der Waals surface area (Å²) in [7, 11) is 0. The monoisotopic (exact) mass is 386 g/mol. The first-order valence-corrected chi connectivity index (χ1v) is 12.7. The van der Waals surface area contributed by atoms with E-state index in [1.807, 2.05) is 0 Å². The van der Waals surface area contributed by atoms with E-state index in [1.54, 1.807) is 6.42 Å². The highest BCUT2D eigenvalue weighted by Gasteiger charge is 2.59. The van der Waals surface area contributed by atoms with Crippen LogP contribution in [0.25, 0.3) is 0 Å². The molecule has 1 N–H and O–H groups in total. The normalized spacial score (nSPS) is 47.2. The molecule has 0 radical (unpaired) electrons. The molecule has 1 nitrogen and oxygen atoms in total. The van der Waals surface area contributed by atoms with Crippen LogP contribution in [0.2, 0.25) is 0 Å². The van der Waals surface area contributed by atoms with E-state index < -0.39 is 0 Å². The molecule has 4 aliphatic rings. The minimum atomic E-state index is 0.223. The Hall–Kier alpha value is -0.300. The Morgan fingerprint density at radius 1 is 0.964 bits per heavy atom. The zero-order valence-electron chi connectivity index (χ0n) is 19.2. The van der Waals surface area contributed by atoms with E-state index in [4.69, 9.17) is 0 Å². The topological polar surface area (TPSA) is 20.2 Å². The molecule has 0 aromatic heterocycles. The van der Waals surface area contributed by atoms with Crippen LogP contribution in [0.5, 0.6) is 0 Å². The minimum absolute atomic E-state index is 0.223. The average Bonchev–Trinajstić information content (AvgIpc) is 3.04. The van der Waals surface area contributed by atoms with Gasteiger partial charge in [-0.2, -0.15) is 0 Å². The van der Waals surface area contributed by atoms with Crippen molar-refractivity contribution in [2.75, 3.05) is 6.61 Å². The van der Waals surface area contributed by atoms with Gasteiger partial charge in [0.05, 0.1) is 6.61 Å². The summed E-state index contributed by atoms with van der Waals surface area (Å²) in [6.07, 6.45) is 19.9. The second-order valence-electron chi connectivity index (χ2n) is 11.9. The second kappa shape index (κ2) is 8.09. The van der Waals surface area contributed by atoms with Crippen molar-refractivity contribution >= 4 is 0 Å². The first-order chi connectivity index (χ1) is 13.4. The molecule has 4 fully saturated rings. The summed E-state index contributed by atoms with van der Waals surface area (Å²) in [5, 5.41) is 9.25. The van der Waals surface area contributed by atoms with E-state index in [0.717, 1.165) is 47.5 Å². The predicted molar refractivity (Wildman–Crippen MR) is 119 cm³/mol. The van der Waals surface area contributed by atoms with Gasteiger partial charge in [-0.25, -0.2) is 0 Å². The van der Waals surface area contributed by atoms with Crippen molar-refractivity contribution in [1.82, 2.24) is 0 Å². The zero-order chi connectivity index (χ0) is 19.9. The van der Waals surface area contributed by atoms with Gasteiger partial charge in [0.1, 0.15) is 0 Å². The lowest BCUT2D eigenvalue weighted by Crippen LogP contribution is -2.53. The largest absolute Gasteiger partial charge is 0.392 e. The Bertz CT molecular complexity index is 579. The van der Waals surface area contributed by atoms with Crippen molar-refractivity contribution in [2.45, 2.75) is 105 Å². The molecule has 8 atom stereocenters. The van der Waals surface area contributed by atoms with E-state index in [0.29, 0.717) is 10.8 Å². The number of aliphatic hydroxyl groups is 1. The summed E-state index contributed by atoms with van der Waals surface area (Å²) in [6.45, 7) is 10.2. The smallest absolute Gasteiger partial charge is 0.0639 e. The molecule has 0 bridgehead atoms.